The largest absolute Gasteiger partial charge is 0.361 e. The third-order valence-corrected chi connectivity index (χ3v) is 3.48. The molecule has 2 aromatic carbocycles. The molecule has 4 heteroatoms. The van der Waals surface area contributed by atoms with Crippen LogP contribution in [0.15, 0.2) is 71.4 Å². The first kappa shape index (κ1) is 14.1. The van der Waals surface area contributed by atoms with E-state index in [0.29, 0.717) is 17.9 Å². The van der Waals surface area contributed by atoms with Crippen molar-refractivity contribution in [3.05, 3.63) is 83.7 Å². The van der Waals surface area contributed by atoms with E-state index in [0.717, 1.165) is 11.3 Å². The summed E-state index contributed by atoms with van der Waals surface area (Å²) >= 11 is 0. The first-order valence-electron chi connectivity index (χ1n) is 7.08. The maximum atomic E-state index is 12.9. The molecule has 1 amide bonds. The molecule has 4 nitrogen and oxygen atoms in total. The third-order valence-electron chi connectivity index (χ3n) is 3.48. The molecule has 0 radical (unpaired) electrons. The molecule has 0 bridgehead atoms. The van der Waals surface area contributed by atoms with E-state index in [-0.39, 0.29) is 5.91 Å². The number of nitrogens with zero attached hydrogens (tertiary/aromatic N) is 2. The van der Waals surface area contributed by atoms with Crippen LogP contribution in [0.1, 0.15) is 21.7 Å². The standard InChI is InChI=1S/C18H16N2O2/c1-14-17(12-19-22-14)18(21)20(16-10-6-3-7-11-16)13-15-8-4-2-5-9-15/h2-12H,13H2,1H3. The van der Waals surface area contributed by atoms with Crippen molar-refractivity contribution in [3.63, 3.8) is 0 Å². The molecule has 0 unspecified atom stereocenters. The van der Waals surface area contributed by atoms with Crippen molar-refractivity contribution in [1.82, 2.24) is 5.16 Å². The molecule has 3 rings (SSSR count). The fourth-order valence-electron chi connectivity index (χ4n) is 2.30. The first-order chi connectivity index (χ1) is 10.8. The highest BCUT2D eigenvalue weighted by Gasteiger charge is 2.21. The molecule has 110 valence electrons. The molecule has 22 heavy (non-hydrogen) atoms. The molecule has 0 saturated heterocycles. The minimum Gasteiger partial charge on any atom is -0.361 e. The van der Waals surface area contributed by atoms with Gasteiger partial charge in [0.1, 0.15) is 11.3 Å². The van der Waals surface area contributed by atoms with Gasteiger partial charge in [-0.05, 0) is 24.6 Å². The summed E-state index contributed by atoms with van der Waals surface area (Å²) in [6, 6.07) is 19.5. The van der Waals surface area contributed by atoms with Crippen LogP contribution in [0.4, 0.5) is 5.69 Å². The van der Waals surface area contributed by atoms with Crippen LogP contribution >= 0.6 is 0 Å². The molecule has 0 aliphatic heterocycles. The molecular formula is C18H16N2O2. The number of aryl methyl sites for hydroxylation is 1. The van der Waals surface area contributed by atoms with Gasteiger partial charge in [-0.25, -0.2) is 0 Å². The molecule has 3 aromatic rings. The van der Waals surface area contributed by atoms with Gasteiger partial charge in [-0.15, -0.1) is 0 Å². The minimum absolute atomic E-state index is 0.117. The zero-order valence-electron chi connectivity index (χ0n) is 12.3. The monoisotopic (exact) mass is 292 g/mol. The van der Waals surface area contributed by atoms with Gasteiger partial charge in [0.2, 0.25) is 0 Å². The fourth-order valence-corrected chi connectivity index (χ4v) is 2.30. The number of aromatic nitrogens is 1. The lowest BCUT2D eigenvalue weighted by atomic mass is 10.1. The summed E-state index contributed by atoms with van der Waals surface area (Å²) in [7, 11) is 0. The number of anilines is 1. The Morgan fingerprint density at radius 3 is 2.27 bits per heavy atom. The van der Waals surface area contributed by atoms with Crippen LogP contribution in [0, 0.1) is 6.92 Å². The third kappa shape index (κ3) is 2.91. The summed E-state index contributed by atoms with van der Waals surface area (Å²) < 4.78 is 5.02. The van der Waals surface area contributed by atoms with Gasteiger partial charge in [0.25, 0.3) is 5.91 Å². The zero-order valence-corrected chi connectivity index (χ0v) is 12.3. The van der Waals surface area contributed by atoms with Crippen LogP contribution in [-0.2, 0) is 6.54 Å². The quantitative estimate of drug-likeness (QED) is 0.734. The second kappa shape index (κ2) is 6.26. The number of hydrogen-bond acceptors (Lipinski definition) is 3. The van der Waals surface area contributed by atoms with E-state index in [1.165, 1.54) is 6.20 Å². The van der Waals surface area contributed by atoms with Crippen LogP contribution in [0.5, 0.6) is 0 Å². The Morgan fingerprint density at radius 2 is 1.68 bits per heavy atom. The molecule has 0 aliphatic carbocycles. The van der Waals surface area contributed by atoms with Crippen LogP contribution in [0.3, 0.4) is 0 Å². The Morgan fingerprint density at radius 1 is 1.05 bits per heavy atom. The average Bonchev–Trinajstić information content (AvgIpc) is 3.00. The summed E-state index contributed by atoms with van der Waals surface area (Å²) in [5.74, 6) is 0.410. The van der Waals surface area contributed by atoms with Gasteiger partial charge in [-0.1, -0.05) is 53.7 Å². The summed E-state index contributed by atoms with van der Waals surface area (Å²) in [6.45, 7) is 2.24. The van der Waals surface area contributed by atoms with Gasteiger partial charge >= 0.3 is 0 Å². The van der Waals surface area contributed by atoms with Crippen molar-refractivity contribution in [1.29, 1.82) is 0 Å². The molecule has 0 aliphatic rings. The SMILES string of the molecule is Cc1oncc1C(=O)N(Cc1ccccc1)c1ccccc1. The minimum atomic E-state index is -0.117. The molecule has 0 atom stereocenters. The predicted molar refractivity (Wildman–Crippen MR) is 84.6 cm³/mol. The second-order valence-corrected chi connectivity index (χ2v) is 5.01. The lowest BCUT2D eigenvalue weighted by Crippen LogP contribution is -2.30. The van der Waals surface area contributed by atoms with E-state index in [1.807, 2.05) is 60.7 Å². The first-order valence-corrected chi connectivity index (χ1v) is 7.08. The molecule has 0 N–H and O–H groups in total. The van der Waals surface area contributed by atoms with E-state index in [1.54, 1.807) is 11.8 Å². The number of amides is 1. The zero-order chi connectivity index (χ0) is 15.4. The van der Waals surface area contributed by atoms with E-state index in [4.69, 9.17) is 4.52 Å². The highest BCUT2D eigenvalue weighted by atomic mass is 16.5. The predicted octanol–water partition coefficient (Wildman–Crippen LogP) is 3.83. The lowest BCUT2D eigenvalue weighted by molar-refractivity contribution is 0.0983. The van der Waals surface area contributed by atoms with E-state index < -0.39 is 0 Å². The van der Waals surface area contributed by atoms with Crippen molar-refractivity contribution in [2.75, 3.05) is 4.90 Å². The lowest BCUT2D eigenvalue weighted by Gasteiger charge is -2.22. The van der Waals surface area contributed by atoms with Gasteiger partial charge in [0, 0.05) is 5.69 Å². The van der Waals surface area contributed by atoms with Crippen LogP contribution in [-0.4, -0.2) is 11.1 Å². The molecular weight excluding hydrogens is 276 g/mol. The average molecular weight is 292 g/mol. The summed E-state index contributed by atoms with van der Waals surface area (Å²) in [4.78, 5) is 14.6. The van der Waals surface area contributed by atoms with Gasteiger partial charge in [0.15, 0.2) is 0 Å². The number of hydrogen-bond donors (Lipinski definition) is 0. The fraction of sp³-hybridized carbons (Fsp3) is 0.111. The molecule has 0 spiro atoms. The summed E-state index contributed by atoms with van der Waals surface area (Å²) in [5.41, 5.74) is 2.39. The summed E-state index contributed by atoms with van der Waals surface area (Å²) in [6.07, 6.45) is 1.47. The second-order valence-electron chi connectivity index (χ2n) is 5.01. The number of carbonyl (C=O) groups is 1. The van der Waals surface area contributed by atoms with Gasteiger partial charge in [0.05, 0.1) is 12.7 Å². The normalized spacial score (nSPS) is 10.4. The van der Waals surface area contributed by atoms with Crippen molar-refractivity contribution >= 4 is 11.6 Å². The van der Waals surface area contributed by atoms with Gasteiger partial charge < -0.3 is 9.42 Å². The Labute approximate surface area is 129 Å². The number of benzene rings is 2. The molecule has 0 fully saturated rings. The van der Waals surface area contributed by atoms with Crippen LogP contribution < -0.4 is 4.90 Å². The van der Waals surface area contributed by atoms with Crippen LogP contribution in [0.25, 0.3) is 0 Å². The van der Waals surface area contributed by atoms with E-state index in [9.17, 15) is 4.79 Å². The van der Waals surface area contributed by atoms with E-state index in [2.05, 4.69) is 5.16 Å². The maximum absolute atomic E-state index is 12.9. The number of rotatable bonds is 4. The maximum Gasteiger partial charge on any atom is 0.263 e. The molecule has 1 heterocycles. The number of para-hydroxylation sites is 1. The van der Waals surface area contributed by atoms with E-state index >= 15 is 0 Å². The topological polar surface area (TPSA) is 46.3 Å². The van der Waals surface area contributed by atoms with Crippen molar-refractivity contribution in [3.8, 4) is 0 Å². The van der Waals surface area contributed by atoms with Gasteiger partial charge in [-0.3, -0.25) is 4.79 Å². The van der Waals surface area contributed by atoms with Crippen molar-refractivity contribution in [2.45, 2.75) is 13.5 Å². The van der Waals surface area contributed by atoms with Crippen molar-refractivity contribution < 1.29 is 9.32 Å². The van der Waals surface area contributed by atoms with Crippen LogP contribution in [0.2, 0.25) is 0 Å². The Kier molecular flexibility index (Phi) is 4.01. The smallest absolute Gasteiger partial charge is 0.263 e. The van der Waals surface area contributed by atoms with Crippen molar-refractivity contribution in [2.24, 2.45) is 0 Å². The Bertz CT molecular complexity index is 751. The number of carbonyl (C=O) groups excluding carboxylic acids is 1. The molecule has 0 saturated carbocycles. The molecule has 1 aromatic heterocycles. The summed E-state index contributed by atoms with van der Waals surface area (Å²) in [5, 5.41) is 3.70. The Hall–Kier alpha value is -2.88. The highest BCUT2D eigenvalue weighted by molar-refractivity contribution is 6.06. The highest BCUT2D eigenvalue weighted by Crippen LogP contribution is 2.21. The Balaban J connectivity index is 1.96. The van der Waals surface area contributed by atoms with Gasteiger partial charge in [-0.2, -0.15) is 0 Å².